The second-order valence-corrected chi connectivity index (χ2v) is 4.28. The van der Waals surface area contributed by atoms with Crippen molar-refractivity contribution in [2.24, 2.45) is 5.73 Å². The molecule has 6 nitrogen and oxygen atoms in total. The maximum absolute atomic E-state index is 11.1. The minimum absolute atomic E-state index is 0.0202. The number of rotatable bonds is 5. The molecule has 0 radical (unpaired) electrons. The van der Waals surface area contributed by atoms with Gasteiger partial charge in [-0.2, -0.15) is 0 Å². The van der Waals surface area contributed by atoms with E-state index in [-0.39, 0.29) is 11.7 Å². The third-order valence-electron chi connectivity index (χ3n) is 2.78. The molecule has 2 aromatic rings. The van der Waals surface area contributed by atoms with Crippen LogP contribution in [0.15, 0.2) is 49.3 Å². The van der Waals surface area contributed by atoms with Gasteiger partial charge in [0, 0.05) is 24.5 Å². The lowest BCUT2D eigenvalue weighted by Crippen LogP contribution is -2.19. The summed E-state index contributed by atoms with van der Waals surface area (Å²) in [6.45, 7) is 3.80. The first-order valence-electron chi connectivity index (χ1n) is 6.21. The smallest absolute Gasteiger partial charge is 0.286 e. The lowest BCUT2D eigenvalue weighted by molar-refractivity contribution is -0.116. The number of benzene rings is 1. The molecule has 6 heteroatoms. The number of hydrogen-bond donors (Lipinski definition) is 2. The van der Waals surface area contributed by atoms with Crippen LogP contribution in [0.25, 0.3) is 11.1 Å². The Bertz CT molecular complexity index is 680. The molecule has 0 aliphatic carbocycles. The number of hydrogen-bond acceptors (Lipinski definition) is 4. The summed E-state index contributed by atoms with van der Waals surface area (Å²) in [6, 6.07) is 7.56. The van der Waals surface area contributed by atoms with Gasteiger partial charge in [0.25, 0.3) is 5.91 Å². The fraction of sp³-hybridized carbons (Fsp3) is 0.0667. The highest BCUT2D eigenvalue weighted by Gasteiger charge is 2.05. The number of aromatic nitrogens is 2. The molecule has 0 fully saturated rings. The first-order valence-corrected chi connectivity index (χ1v) is 6.21. The van der Waals surface area contributed by atoms with Gasteiger partial charge in [-0.3, -0.25) is 9.59 Å². The van der Waals surface area contributed by atoms with Crippen LogP contribution >= 0.6 is 0 Å². The highest BCUT2D eigenvalue weighted by Crippen LogP contribution is 2.18. The van der Waals surface area contributed by atoms with Gasteiger partial charge in [-0.25, -0.2) is 9.97 Å². The summed E-state index contributed by atoms with van der Waals surface area (Å²) in [5.74, 6) is -0.912. The molecule has 0 saturated carbocycles. The zero-order chi connectivity index (χ0) is 15.2. The standard InChI is InChI=1S/C15H14N4O2/c1-2-13(20)17-7-10-4-3-5-11(6-10)12-8-18-15(14(16)21)19-9-12/h2-6,8-9H,1,7H2,(H2,16,21)(H,17,20). The Labute approximate surface area is 121 Å². The van der Waals surface area contributed by atoms with Crippen LogP contribution in [0.5, 0.6) is 0 Å². The van der Waals surface area contributed by atoms with Crippen molar-refractivity contribution in [3.05, 3.63) is 60.7 Å². The van der Waals surface area contributed by atoms with Crippen LogP contribution in [0, 0.1) is 0 Å². The van der Waals surface area contributed by atoms with E-state index >= 15 is 0 Å². The minimum atomic E-state index is -0.664. The number of nitrogens with zero attached hydrogens (tertiary/aromatic N) is 2. The van der Waals surface area contributed by atoms with Gasteiger partial charge >= 0.3 is 0 Å². The second-order valence-electron chi connectivity index (χ2n) is 4.28. The molecule has 3 N–H and O–H groups in total. The lowest BCUT2D eigenvalue weighted by atomic mass is 10.1. The predicted octanol–water partition coefficient (Wildman–Crippen LogP) is 1.04. The molecule has 0 aliphatic heterocycles. The van der Waals surface area contributed by atoms with Crippen LogP contribution in [0.3, 0.4) is 0 Å². The molecule has 2 amide bonds. The van der Waals surface area contributed by atoms with Gasteiger partial charge in [0.1, 0.15) is 0 Å². The topological polar surface area (TPSA) is 98.0 Å². The first-order chi connectivity index (χ1) is 10.1. The zero-order valence-electron chi connectivity index (χ0n) is 11.2. The molecule has 0 saturated heterocycles. The van der Waals surface area contributed by atoms with Crippen LogP contribution in [0.4, 0.5) is 0 Å². The predicted molar refractivity (Wildman–Crippen MR) is 78.0 cm³/mol. The summed E-state index contributed by atoms with van der Waals surface area (Å²) in [4.78, 5) is 29.9. The Kier molecular flexibility index (Phi) is 4.40. The SMILES string of the molecule is C=CC(=O)NCc1cccc(-c2cnc(C(N)=O)nc2)c1. The Hall–Kier alpha value is -3.02. The number of carbonyl (C=O) groups is 2. The van der Waals surface area contributed by atoms with Crippen molar-refractivity contribution < 1.29 is 9.59 Å². The monoisotopic (exact) mass is 282 g/mol. The second kappa shape index (κ2) is 6.42. The van der Waals surface area contributed by atoms with E-state index in [2.05, 4.69) is 21.9 Å². The summed E-state index contributed by atoms with van der Waals surface area (Å²) in [7, 11) is 0. The van der Waals surface area contributed by atoms with Crippen molar-refractivity contribution in [2.75, 3.05) is 0 Å². The molecule has 1 aromatic heterocycles. The Morgan fingerprint density at radius 2 is 1.95 bits per heavy atom. The van der Waals surface area contributed by atoms with E-state index in [1.165, 1.54) is 18.5 Å². The Morgan fingerprint density at radius 3 is 2.57 bits per heavy atom. The maximum Gasteiger partial charge on any atom is 0.286 e. The third-order valence-corrected chi connectivity index (χ3v) is 2.78. The van der Waals surface area contributed by atoms with Crippen LogP contribution in [0.1, 0.15) is 16.2 Å². The van der Waals surface area contributed by atoms with Gasteiger partial charge in [0.15, 0.2) is 0 Å². The maximum atomic E-state index is 11.1. The zero-order valence-corrected chi connectivity index (χ0v) is 11.2. The lowest BCUT2D eigenvalue weighted by Gasteiger charge is -2.06. The van der Waals surface area contributed by atoms with Crippen molar-refractivity contribution in [1.82, 2.24) is 15.3 Å². The molecule has 1 heterocycles. The summed E-state index contributed by atoms with van der Waals surface area (Å²) < 4.78 is 0. The fourth-order valence-corrected chi connectivity index (χ4v) is 1.73. The van der Waals surface area contributed by atoms with E-state index in [1.807, 2.05) is 24.3 Å². The summed E-state index contributed by atoms with van der Waals surface area (Å²) in [6.07, 6.45) is 4.29. The third kappa shape index (κ3) is 3.73. The number of carbonyl (C=O) groups excluding carboxylic acids is 2. The minimum Gasteiger partial charge on any atom is -0.363 e. The number of nitrogens with one attached hydrogen (secondary N) is 1. The van der Waals surface area contributed by atoms with E-state index in [0.29, 0.717) is 6.54 Å². The quantitative estimate of drug-likeness (QED) is 0.801. The summed E-state index contributed by atoms with van der Waals surface area (Å²) in [5.41, 5.74) is 7.67. The average Bonchev–Trinajstić information content (AvgIpc) is 2.53. The Morgan fingerprint density at radius 1 is 1.24 bits per heavy atom. The van der Waals surface area contributed by atoms with Gasteiger partial charge in [0.2, 0.25) is 11.7 Å². The molecule has 1 aromatic carbocycles. The molecule has 0 spiro atoms. The summed E-state index contributed by atoms with van der Waals surface area (Å²) in [5, 5.41) is 2.70. The molecular weight excluding hydrogens is 268 g/mol. The van der Waals surface area contributed by atoms with Crippen molar-refractivity contribution in [1.29, 1.82) is 0 Å². The molecule has 0 aliphatic rings. The molecule has 0 atom stereocenters. The number of primary amides is 1. The van der Waals surface area contributed by atoms with Crippen molar-refractivity contribution in [2.45, 2.75) is 6.54 Å². The van der Waals surface area contributed by atoms with E-state index in [1.54, 1.807) is 0 Å². The molecule has 0 unspecified atom stereocenters. The van der Waals surface area contributed by atoms with Gasteiger partial charge in [-0.1, -0.05) is 24.8 Å². The van der Waals surface area contributed by atoms with Gasteiger partial charge in [-0.05, 0) is 23.3 Å². The normalized spacial score (nSPS) is 9.90. The van der Waals surface area contributed by atoms with Crippen molar-refractivity contribution in [3.8, 4) is 11.1 Å². The van der Waals surface area contributed by atoms with Crippen molar-refractivity contribution in [3.63, 3.8) is 0 Å². The van der Waals surface area contributed by atoms with Crippen LogP contribution in [-0.4, -0.2) is 21.8 Å². The highest BCUT2D eigenvalue weighted by molar-refractivity contribution is 5.89. The molecular formula is C15H14N4O2. The molecule has 21 heavy (non-hydrogen) atoms. The Balaban J connectivity index is 2.18. The number of nitrogens with two attached hydrogens (primary N) is 1. The largest absolute Gasteiger partial charge is 0.363 e. The van der Waals surface area contributed by atoms with E-state index in [0.717, 1.165) is 16.7 Å². The van der Waals surface area contributed by atoms with Crippen molar-refractivity contribution >= 4 is 11.8 Å². The van der Waals surface area contributed by atoms with Crippen LogP contribution < -0.4 is 11.1 Å². The van der Waals surface area contributed by atoms with Crippen LogP contribution in [-0.2, 0) is 11.3 Å². The molecule has 0 bridgehead atoms. The number of amides is 2. The average molecular weight is 282 g/mol. The molecule has 106 valence electrons. The van der Waals surface area contributed by atoms with Crippen LogP contribution in [0.2, 0.25) is 0 Å². The molecule has 2 rings (SSSR count). The van der Waals surface area contributed by atoms with E-state index in [9.17, 15) is 9.59 Å². The first kappa shape index (κ1) is 14.4. The fourth-order valence-electron chi connectivity index (χ4n) is 1.73. The highest BCUT2D eigenvalue weighted by atomic mass is 16.1. The summed E-state index contributed by atoms with van der Waals surface area (Å²) >= 11 is 0. The van der Waals surface area contributed by atoms with Gasteiger partial charge < -0.3 is 11.1 Å². The van der Waals surface area contributed by atoms with E-state index < -0.39 is 5.91 Å². The van der Waals surface area contributed by atoms with Gasteiger partial charge in [0.05, 0.1) is 0 Å². The van der Waals surface area contributed by atoms with E-state index in [4.69, 9.17) is 5.73 Å². The van der Waals surface area contributed by atoms with Gasteiger partial charge in [-0.15, -0.1) is 0 Å².